The molecule has 0 N–H and O–H groups in total. The first-order valence-corrected chi connectivity index (χ1v) is 3.04. The van der Waals surface area contributed by atoms with E-state index >= 15 is 0 Å². The van der Waals surface area contributed by atoms with Gasteiger partial charge in [0, 0.05) is 6.42 Å². The van der Waals surface area contributed by atoms with Gasteiger partial charge in [0.25, 0.3) is 0 Å². The highest BCUT2D eigenvalue weighted by Crippen LogP contribution is 2.18. The number of hydrogen-bond donors (Lipinski definition) is 0. The van der Waals surface area contributed by atoms with Gasteiger partial charge in [-0.1, -0.05) is 6.92 Å². The molecule has 1 fully saturated rings. The van der Waals surface area contributed by atoms with Crippen LogP contribution in [0.4, 0.5) is 4.39 Å². The maximum atomic E-state index is 12.1. The van der Waals surface area contributed by atoms with E-state index in [1.807, 2.05) is 0 Å². The van der Waals surface area contributed by atoms with Crippen LogP contribution in [0, 0.1) is 5.92 Å². The van der Waals surface area contributed by atoms with Crippen LogP contribution in [-0.4, -0.2) is 13.0 Å². The molecule has 0 amide bonds. The summed E-state index contributed by atoms with van der Waals surface area (Å²) in [6.45, 7) is 2.67. The maximum Gasteiger partial charge on any atom is 0.198 e. The summed E-state index contributed by atoms with van der Waals surface area (Å²) in [5.41, 5.74) is 0. The molecule has 1 aliphatic heterocycles. The Bertz CT molecular complexity index is 56.9. The van der Waals surface area contributed by atoms with E-state index in [1.54, 1.807) is 0 Å². The monoisotopic (exact) mass is 118 g/mol. The zero-order valence-corrected chi connectivity index (χ0v) is 5.06. The maximum absolute atomic E-state index is 12.1. The third kappa shape index (κ3) is 1.44. The Hall–Kier alpha value is -0.110. The fourth-order valence-corrected chi connectivity index (χ4v) is 0.851. The summed E-state index contributed by atoms with van der Waals surface area (Å²) in [5, 5.41) is 0. The zero-order chi connectivity index (χ0) is 5.98. The molecular weight excluding hydrogens is 107 g/mol. The number of hydrogen-bond acceptors (Lipinski definition) is 1. The molecule has 0 aromatic carbocycles. The summed E-state index contributed by atoms with van der Waals surface area (Å²) < 4.78 is 16.9. The van der Waals surface area contributed by atoms with E-state index in [0.29, 0.717) is 18.9 Å². The second-order valence-corrected chi connectivity index (χ2v) is 2.43. The van der Waals surface area contributed by atoms with Crippen molar-refractivity contribution in [1.82, 2.24) is 0 Å². The summed E-state index contributed by atoms with van der Waals surface area (Å²) in [5.74, 6) is 0.557. The first-order chi connectivity index (χ1) is 3.79. The van der Waals surface area contributed by atoms with Crippen LogP contribution >= 0.6 is 0 Å². The van der Waals surface area contributed by atoms with Gasteiger partial charge >= 0.3 is 0 Å². The van der Waals surface area contributed by atoms with Crippen LogP contribution in [-0.2, 0) is 4.74 Å². The molecule has 0 spiro atoms. The molecule has 2 atom stereocenters. The van der Waals surface area contributed by atoms with Crippen molar-refractivity contribution >= 4 is 0 Å². The number of rotatable bonds is 0. The predicted molar refractivity (Wildman–Crippen MR) is 29.2 cm³/mol. The van der Waals surface area contributed by atoms with Crippen LogP contribution in [0.5, 0.6) is 0 Å². The SMILES string of the molecule is CC1CCC(F)OC1. The highest BCUT2D eigenvalue weighted by Gasteiger charge is 2.16. The quantitative estimate of drug-likeness (QED) is 0.470. The molecule has 0 aliphatic carbocycles. The van der Waals surface area contributed by atoms with Crippen LogP contribution in [0.25, 0.3) is 0 Å². The number of halogens is 1. The van der Waals surface area contributed by atoms with Gasteiger partial charge < -0.3 is 4.74 Å². The molecule has 0 aromatic rings. The Kier molecular flexibility index (Phi) is 1.84. The lowest BCUT2D eigenvalue weighted by Gasteiger charge is -2.20. The van der Waals surface area contributed by atoms with Crippen molar-refractivity contribution in [3.63, 3.8) is 0 Å². The van der Waals surface area contributed by atoms with Gasteiger partial charge in [0.1, 0.15) is 0 Å². The lowest BCUT2D eigenvalue weighted by Crippen LogP contribution is -2.20. The van der Waals surface area contributed by atoms with Crippen molar-refractivity contribution in [3.8, 4) is 0 Å². The third-order valence-corrected chi connectivity index (χ3v) is 1.45. The number of alkyl halides is 1. The molecule has 0 aromatic heterocycles. The average molecular weight is 118 g/mol. The third-order valence-electron chi connectivity index (χ3n) is 1.45. The topological polar surface area (TPSA) is 9.23 Å². The lowest BCUT2D eigenvalue weighted by atomic mass is 10.1. The Morgan fingerprint density at radius 3 is 2.62 bits per heavy atom. The molecule has 1 saturated heterocycles. The second kappa shape index (κ2) is 2.44. The molecule has 48 valence electrons. The van der Waals surface area contributed by atoms with E-state index in [-0.39, 0.29) is 0 Å². The van der Waals surface area contributed by atoms with Gasteiger partial charge in [0.15, 0.2) is 6.36 Å². The smallest absolute Gasteiger partial charge is 0.198 e. The molecule has 2 unspecified atom stereocenters. The van der Waals surface area contributed by atoms with Crippen molar-refractivity contribution in [2.45, 2.75) is 26.1 Å². The molecule has 1 heterocycles. The van der Waals surface area contributed by atoms with Crippen LogP contribution < -0.4 is 0 Å². The fourth-order valence-electron chi connectivity index (χ4n) is 0.851. The molecule has 0 bridgehead atoms. The van der Waals surface area contributed by atoms with Crippen molar-refractivity contribution in [2.75, 3.05) is 6.61 Å². The van der Waals surface area contributed by atoms with Crippen LogP contribution in [0.1, 0.15) is 19.8 Å². The van der Waals surface area contributed by atoms with E-state index in [1.165, 1.54) is 0 Å². The molecule has 1 aliphatic rings. The number of ether oxygens (including phenoxy) is 1. The van der Waals surface area contributed by atoms with E-state index < -0.39 is 6.36 Å². The lowest BCUT2D eigenvalue weighted by molar-refractivity contribution is -0.0865. The van der Waals surface area contributed by atoms with E-state index in [4.69, 9.17) is 4.74 Å². The Labute approximate surface area is 48.8 Å². The van der Waals surface area contributed by atoms with Crippen LogP contribution in [0.3, 0.4) is 0 Å². The van der Waals surface area contributed by atoms with Crippen LogP contribution in [0.15, 0.2) is 0 Å². The molecule has 0 radical (unpaired) electrons. The molecular formula is C6H11FO. The summed E-state index contributed by atoms with van der Waals surface area (Å²) in [6.07, 6.45) is 0.577. The van der Waals surface area contributed by atoms with Crippen molar-refractivity contribution < 1.29 is 9.13 Å². The Morgan fingerprint density at radius 1 is 1.50 bits per heavy atom. The Morgan fingerprint density at radius 2 is 2.25 bits per heavy atom. The summed E-state index contributed by atoms with van der Waals surface area (Å²) in [7, 11) is 0. The van der Waals surface area contributed by atoms with E-state index in [2.05, 4.69) is 6.92 Å². The molecule has 1 nitrogen and oxygen atoms in total. The summed E-state index contributed by atoms with van der Waals surface area (Å²) >= 11 is 0. The fraction of sp³-hybridized carbons (Fsp3) is 1.00. The molecule has 8 heavy (non-hydrogen) atoms. The minimum atomic E-state index is -0.980. The normalized spacial score (nSPS) is 39.8. The van der Waals surface area contributed by atoms with Gasteiger partial charge in [-0.2, -0.15) is 0 Å². The van der Waals surface area contributed by atoms with Gasteiger partial charge in [-0.05, 0) is 12.3 Å². The van der Waals surface area contributed by atoms with E-state index in [0.717, 1.165) is 6.42 Å². The Balaban J connectivity index is 2.19. The van der Waals surface area contributed by atoms with Crippen molar-refractivity contribution in [3.05, 3.63) is 0 Å². The van der Waals surface area contributed by atoms with Crippen LogP contribution in [0.2, 0.25) is 0 Å². The zero-order valence-electron chi connectivity index (χ0n) is 5.06. The predicted octanol–water partition coefficient (Wildman–Crippen LogP) is 1.73. The standard InChI is InChI=1S/C6H11FO/c1-5-2-3-6(7)8-4-5/h5-6H,2-4H2,1H3. The highest BCUT2D eigenvalue weighted by atomic mass is 19.1. The molecule has 2 heteroatoms. The van der Waals surface area contributed by atoms with Gasteiger partial charge in [0.05, 0.1) is 6.61 Å². The van der Waals surface area contributed by atoms with Crippen molar-refractivity contribution in [2.24, 2.45) is 5.92 Å². The minimum absolute atomic E-state index is 0.557. The highest BCUT2D eigenvalue weighted by molar-refractivity contribution is 4.59. The average Bonchev–Trinajstić information content (AvgIpc) is 1.77. The first-order valence-electron chi connectivity index (χ1n) is 3.04. The van der Waals surface area contributed by atoms with Gasteiger partial charge in [0.2, 0.25) is 0 Å². The molecule has 1 rings (SSSR count). The van der Waals surface area contributed by atoms with E-state index in [9.17, 15) is 4.39 Å². The first kappa shape index (κ1) is 6.02. The summed E-state index contributed by atoms with van der Waals surface area (Å²) in [4.78, 5) is 0. The van der Waals surface area contributed by atoms with Crippen molar-refractivity contribution in [1.29, 1.82) is 0 Å². The largest absolute Gasteiger partial charge is 0.348 e. The molecule has 0 saturated carbocycles. The minimum Gasteiger partial charge on any atom is -0.348 e. The summed E-state index contributed by atoms with van der Waals surface area (Å²) in [6, 6.07) is 0. The van der Waals surface area contributed by atoms with Gasteiger partial charge in [-0.3, -0.25) is 0 Å². The van der Waals surface area contributed by atoms with Gasteiger partial charge in [-0.15, -0.1) is 0 Å². The van der Waals surface area contributed by atoms with Gasteiger partial charge in [-0.25, -0.2) is 4.39 Å². The second-order valence-electron chi connectivity index (χ2n) is 2.43.